The molecule has 69 heavy (non-hydrogen) atoms. The highest BCUT2D eigenvalue weighted by atomic mass is 16.2. The molecule has 2 fully saturated rings. The van der Waals surface area contributed by atoms with Gasteiger partial charge in [-0.25, -0.2) is 9.59 Å². The number of piperazine rings is 1. The second-order valence-electron chi connectivity index (χ2n) is 17.8. The second-order valence-corrected chi connectivity index (χ2v) is 17.8. The third-order valence-electron chi connectivity index (χ3n) is 12.8. The zero-order chi connectivity index (χ0) is 47.7. The van der Waals surface area contributed by atoms with Crippen LogP contribution in [0.15, 0.2) is 141 Å². The van der Waals surface area contributed by atoms with E-state index in [9.17, 15) is 19.2 Å². The van der Waals surface area contributed by atoms with Crippen molar-refractivity contribution in [2.45, 2.75) is 72.4 Å². The van der Waals surface area contributed by atoms with Crippen LogP contribution in [0.5, 0.6) is 0 Å². The number of nitrogens with zero attached hydrogens (tertiary/aromatic N) is 10. The zero-order valence-electron chi connectivity index (χ0n) is 39.7. The Kier molecular flexibility index (Phi) is 14.8. The van der Waals surface area contributed by atoms with Gasteiger partial charge in [0.2, 0.25) is 11.9 Å². The number of benzene rings is 4. The molecule has 4 aromatic carbocycles. The molecule has 0 amide bonds. The van der Waals surface area contributed by atoms with Crippen LogP contribution in [-0.4, -0.2) is 89.7 Å². The normalized spacial score (nSPS) is 14.2. The Morgan fingerprint density at radius 2 is 0.754 bits per heavy atom. The average Bonchev–Trinajstić information content (AvgIpc) is 3.82. The first-order valence-electron chi connectivity index (χ1n) is 24.4. The Bertz CT molecular complexity index is 3220. The summed E-state index contributed by atoms with van der Waals surface area (Å²) in [5.41, 5.74) is 4.91. The van der Waals surface area contributed by atoms with Crippen LogP contribution < -0.4 is 42.9 Å². The molecular formula is C53H62N12O4. The number of fused-ring (bicyclic) bond motifs is 2. The average molecular weight is 931 g/mol. The van der Waals surface area contributed by atoms with Crippen LogP contribution in [0.3, 0.4) is 0 Å². The van der Waals surface area contributed by atoms with Crippen LogP contribution in [-0.2, 0) is 39.3 Å². The van der Waals surface area contributed by atoms with Gasteiger partial charge in [0.15, 0.2) is 22.3 Å². The highest BCUT2D eigenvalue weighted by Gasteiger charge is 2.27. The topological polar surface area (TPSA) is 154 Å². The lowest BCUT2D eigenvalue weighted by Gasteiger charge is -2.28. The fraction of sp³-hybridized carbons (Fsp3) is 0.358. The number of imidazole rings is 2. The molecule has 16 nitrogen and oxygen atoms in total. The van der Waals surface area contributed by atoms with Crippen molar-refractivity contribution < 1.29 is 0 Å². The molecule has 2 saturated heterocycles. The molecule has 0 aliphatic carbocycles. The van der Waals surface area contributed by atoms with E-state index in [4.69, 9.17) is 9.97 Å². The summed E-state index contributed by atoms with van der Waals surface area (Å²) < 4.78 is 10.1. The minimum atomic E-state index is -0.306. The first-order chi connectivity index (χ1) is 33.8. The van der Waals surface area contributed by atoms with Crippen molar-refractivity contribution in [2.75, 3.05) is 62.2 Å². The van der Waals surface area contributed by atoms with E-state index >= 15 is 0 Å². The Labute approximate surface area is 400 Å². The van der Waals surface area contributed by atoms with Crippen molar-refractivity contribution in [3.8, 4) is 0 Å². The Hall–Kier alpha value is -7.30. The summed E-state index contributed by atoms with van der Waals surface area (Å²) in [5, 5.41) is 6.82. The van der Waals surface area contributed by atoms with E-state index in [1.54, 1.807) is 9.13 Å². The maximum Gasteiger partial charge on any atom is 0.333 e. The molecule has 0 unspecified atom stereocenters. The van der Waals surface area contributed by atoms with Crippen molar-refractivity contribution in [1.29, 1.82) is 0 Å². The molecule has 358 valence electrons. The first kappa shape index (κ1) is 46.8. The lowest BCUT2D eigenvalue weighted by atomic mass is 10.2. The number of hydrogen-bond donors (Lipinski definition) is 2. The van der Waals surface area contributed by atoms with Crippen LogP contribution in [0.25, 0.3) is 22.3 Å². The van der Waals surface area contributed by atoms with E-state index in [1.165, 1.54) is 9.13 Å². The van der Waals surface area contributed by atoms with Crippen molar-refractivity contribution in [3.63, 3.8) is 0 Å². The van der Waals surface area contributed by atoms with E-state index in [1.807, 2.05) is 120 Å². The lowest BCUT2D eigenvalue weighted by Crippen LogP contribution is -2.44. The van der Waals surface area contributed by atoms with E-state index in [-0.39, 0.29) is 22.5 Å². The van der Waals surface area contributed by atoms with Crippen LogP contribution in [0, 0.1) is 0 Å². The third kappa shape index (κ3) is 10.1. The van der Waals surface area contributed by atoms with Crippen molar-refractivity contribution in [2.24, 2.45) is 0 Å². The predicted octanol–water partition coefficient (Wildman–Crippen LogP) is 4.94. The number of rotatable bonds is 14. The van der Waals surface area contributed by atoms with E-state index < -0.39 is 0 Å². The molecule has 2 N–H and O–H groups in total. The fourth-order valence-electron chi connectivity index (χ4n) is 9.44. The van der Waals surface area contributed by atoms with Crippen molar-refractivity contribution >= 4 is 34.2 Å². The highest BCUT2D eigenvalue weighted by molar-refractivity contribution is 5.76. The van der Waals surface area contributed by atoms with Gasteiger partial charge < -0.3 is 20.4 Å². The van der Waals surface area contributed by atoms with E-state index in [0.29, 0.717) is 74.4 Å². The van der Waals surface area contributed by atoms with Crippen LogP contribution >= 0.6 is 0 Å². The summed E-state index contributed by atoms with van der Waals surface area (Å²) >= 11 is 0. The fourth-order valence-corrected chi connectivity index (χ4v) is 9.44. The first-order valence-corrected chi connectivity index (χ1v) is 24.4. The number of aromatic nitrogens is 8. The quantitative estimate of drug-likeness (QED) is 0.153. The predicted molar refractivity (Wildman–Crippen MR) is 274 cm³/mol. The maximum absolute atomic E-state index is 13.8. The van der Waals surface area contributed by atoms with Crippen molar-refractivity contribution in [3.05, 3.63) is 185 Å². The zero-order valence-corrected chi connectivity index (χ0v) is 39.7. The standard InChI is InChI=1S/C27H32N6O2.C26H30N6O2/c1-2-16-31-25(34)23-24(33(27(31)35)20-22-12-7-4-8-13-22)29-26(30-17-9-14-28-15-18-30)32(23)19-21-10-5-3-6-11-21;1-2-15-30-24(33)22-23(32(26(30)34)19-21-11-7-4-8-12-21)28-25(29-16-13-27-14-17-29)31(22)18-20-9-5-3-6-10-20/h3-8,10-13,28H,2,9,14-20H2,1H3;3-12,27H,2,13-19H2,1H3. The van der Waals surface area contributed by atoms with E-state index in [2.05, 4.69) is 44.7 Å². The molecule has 8 aromatic rings. The minimum Gasteiger partial charge on any atom is -0.341 e. The molecule has 0 atom stereocenters. The second kappa shape index (κ2) is 21.8. The molecular weight excluding hydrogens is 869 g/mol. The Morgan fingerprint density at radius 1 is 0.420 bits per heavy atom. The van der Waals surface area contributed by atoms with Gasteiger partial charge in [-0.1, -0.05) is 135 Å². The van der Waals surface area contributed by atoms with Gasteiger partial charge in [0, 0.05) is 58.9 Å². The molecule has 2 aliphatic heterocycles. The van der Waals surface area contributed by atoms with E-state index in [0.717, 1.165) is 92.9 Å². The van der Waals surface area contributed by atoms with Gasteiger partial charge in [-0.15, -0.1) is 0 Å². The number of anilines is 2. The Morgan fingerprint density at radius 3 is 1.12 bits per heavy atom. The molecule has 16 heteroatoms. The van der Waals surface area contributed by atoms with Crippen LogP contribution in [0.1, 0.15) is 55.4 Å². The monoisotopic (exact) mass is 931 g/mol. The third-order valence-corrected chi connectivity index (χ3v) is 12.8. The summed E-state index contributed by atoms with van der Waals surface area (Å²) in [6, 6.07) is 39.9. The largest absolute Gasteiger partial charge is 0.341 e. The maximum atomic E-state index is 13.8. The van der Waals surface area contributed by atoms with Gasteiger partial charge in [0.1, 0.15) is 0 Å². The summed E-state index contributed by atoms with van der Waals surface area (Å²) in [5.74, 6) is 1.49. The number of nitrogens with one attached hydrogen (secondary N) is 2. The molecule has 0 saturated carbocycles. The van der Waals surface area contributed by atoms with Crippen LogP contribution in [0.2, 0.25) is 0 Å². The number of hydrogen-bond acceptors (Lipinski definition) is 10. The molecule has 0 radical (unpaired) electrons. The molecule has 0 bridgehead atoms. The summed E-state index contributed by atoms with van der Waals surface area (Å²) in [6.07, 6.45) is 2.39. The molecule has 0 spiro atoms. The summed E-state index contributed by atoms with van der Waals surface area (Å²) in [6.45, 7) is 13.2. The van der Waals surface area contributed by atoms with Gasteiger partial charge in [-0.2, -0.15) is 9.97 Å². The van der Waals surface area contributed by atoms with Gasteiger partial charge in [0.05, 0.1) is 26.2 Å². The van der Waals surface area contributed by atoms with Gasteiger partial charge >= 0.3 is 11.4 Å². The molecule has 10 rings (SSSR count). The molecule has 4 aromatic heterocycles. The van der Waals surface area contributed by atoms with Crippen molar-refractivity contribution in [1.82, 2.24) is 48.0 Å². The lowest BCUT2D eigenvalue weighted by molar-refractivity contribution is 0.570. The van der Waals surface area contributed by atoms with Gasteiger partial charge in [0.25, 0.3) is 11.1 Å². The molecule has 2 aliphatic rings. The Balaban J connectivity index is 0.000000172. The minimum absolute atomic E-state index is 0.265. The van der Waals surface area contributed by atoms with Gasteiger partial charge in [-0.3, -0.25) is 37.0 Å². The SMILES string of the molecule is CCCn1c(=O)c2c(nc(N3CCCNCC3)n2Cc2ccccc2)n(Cc2ccccc2)c1=O.CCCn1c(=O)c2c(nc(N3CCNCC3)n2Cc2ccccc2)n(Cc2ccccc2)c1=O. The van der Waals surface area contributed by atoms with Gasteiger partial charge in [-0.05, 0) is 48.1 Å². The summed E-state index contributed by atoms with van der Waals surface area (Å²) in [4.78, 5) is 69.0. The highest BCUT2D eigenvalue weighted by Crippen LogP contribution is 2.25. The summed E-state index contributed by atoms with van der Waals surface area (Å²) in [7, 11) is 0. The smallest absolute Gasteiger partial charge is 0.333 e. The molecule has 6 heterocycles. The van der Waals surface area contributed by atoms with Crippen LogP contribution in [0.4, 0.5) is 11.9 Å².